The summed E-state index contributed by atoms with van der Waals surface area (Å²) >= 11 is 0. The molecule has 0 unspecified atom stereocenters. The van der Waals surface area contributed by atoms with Crippen LogP contribution in [0.4, 0.5) is 17.3 Å². The Morgan fingerprint density at radius 3 is 1.60 bits per heavy atom. The van der Waals surface area contributed by atoms with Gasteiger partial charge in [0.1, 0.15) is 0 Å². The van der Waals surface area contributed by atoms with E-state index in [2.05, 4.69) is 110 Å². The molecule has 0 saturated carbocycles. The van der Waals surface area contributed by atoms with E-state index in [0.717, 1.165) is 34.0 Å². The lowest BCUT2D eigenvalue weighted by molar-refractivity contribution is 0.338. The maximum atomic E-state index is 5.23. The smallest absolute Gasteiger partial charge is 0.241 e. The molecular formula is C34H30N6. The molecule has 0 bridgehead atoms. The van der Waals surface area contributed by atoms with Crippen LogP contribution in [-0.2, 0) is 0 Å². The molecule has 1 aromatic heterocycles. The predicted molar refractivity (Wildman–Crippen MR) is 163 cm³/mol. The first-order chi connectivity index (χ1) is 19.3. The summed E-state index contributed by atoms with van der Waals surface area (Å²) < 4.78 is 0. The van der Waals surface area contributed by atoms with E-state index in [0.29, 0.717) is 17.6 Å². The van der Waals surface area contributed by atoms with Gasteiger partial charge < -0.3 is 4.90 Å². The van der Waals surface area contributed by atoms with Gasteiger partial charge in [0, 0.05) is 11.1 Å². The molecule has 2 aliphatic rings. The fraction of sp³-hybridized carbons (Fsp3) is 0.176. The van der Waals surface area contributed by atoms with Gasteiger partial charge in [-0.2, -0.15) is 9.97 Å². The normalized spacial score (nSPS) is 16.4. The van der Waals surface area contributed by atoms with Crippen LogP contribution in [0.3, 0.4) is 0 Å². The van der Waals surface area contributed by atoms with Gasteiger partial charge in [-0.1, -0.05) is 97.1 Å². The molecule has 0 radical (unpaired) electrons. The highest BCUT2D eigenvalue weighted by Gasteiger charge is 2.55. The Balaban J connectivity index is 1.40. The van der Waals surface area contributed by atoms with E-state index in [-0.39, 0.29) is 11.1 Å². The number of rotatable bonds is 4. The molecule has 6 heteroatoms. The van der Waals surface area contributed by atoms with Gasteiger partial charge >= 0.3 is 0 Å². The second-order valence-corrected chi connectivity index (χ2v) is 11.3. The van der Waals surface area contributed by atoms with Crippen molar-refractivity contribution in [3.8, 4) is 33.9 Å². The minimum Gasteiger partial charge on any atom is -0.302 e. The van der Waals surface area contributed by atoms with Crippen LogP contribution in [0.2, 0.25) is 0 Å². The molecule has 0 spiro atoms. The van der Waals surface area contributed by atoms with Crippen LogP contribution < -0.4 is 9.80 Å². The number of aromatic nitrogens is 3. The van der Waals surface area contributed by atoms with Crippen LogP contribution >= 0.6 is 0 Å². The highest BCUT2D eigenvalue weighted by molar-refractivity contribution is 6.21. The molecule has 196 valence electrons. The minimum absolute atomic E-state index is 0.238. The number of hydrogen-bond acceptors (Lipinski definition) is 6. The Kier molecular flexibility index (Phi) is 5.36. The number of benzene rings is 4. The van der Waals surface area contributed by atoms with Crippen molar-refractivity contribution in [2.24, 2.45) is 4.99 Å². The van der Waals surface area contributed by atoms with E-state index in [9.17, 15) is 0 Å². The van der Waals surface area contributed by atoms with Gasteiger partial charge in [-0.05, 0) is 51.0 Å². The highest BCUT2D eigenvalue weighted by Crippen LogP contribution is 2.51. The van der Waals surface area contributed by atoms with Crippen molar-refractivity contribution in [2.75, 3.05) is 9.80 Å². The summed E-state index contributed by atoms with van der Waals surface area (Å²) in [6.45, 7) is 8.85. The van der Waals surface area contributed by atoms with Gasteiger partial charge in [0.2, 0.25) is 11.9 Å². The molecule has 0 N–H and O–H groups in total. The number of guanidine groups is 1. The van der Waals surface area contributed by atoms with Crippen LogP contribution in [0.25, 0.3) is 33.9 Å². The summed E-state index contributed by atoms with van der Waals surface area (Å²) in [6, 6.07) is 37.2. The summed E-state index contributed by atoms with van der Waals surface area (Å²) in [5.74, 6) is 2.64. The third-order valence-corrected chi connectivity index (χ3v) is 8.31. The Morgan fingerprint density at radius 2 is 0.975 bits per heavy atom. The highest BCUT2D eigenvalue weighted by atomic mass is 15.5. The van der Waals surface area contributed by atoms with Gasteiger partial charge in [-0.25, -0.2) is 14.9 Å². The number of aliphatic imine (C=N–C) groups is 1. The lowest BCUT2D eigenvalue weighted by Crippen LogP contribution is -2.53. The summed E-state index contributed by atoms with van der Waals surface area (Å²) in [5.41, 5.74) is 5.76. The summed E-state index contributed by atoms with van der Waals surface area (Å²) in [4.78, 5) is 24.7. The van der Waals surface area contributed by atoms with Crippen LogP contribution in [0.1, 0.15) is 27.7 Å². The Labute approximate surface area is 234 Å². The number of fused-ring (bicyclic) bond motifs is 3. The number of nitrogens with zero attached hydrogens (tertiary/aromatic N) is 6. The average molecular weight is 523 g/mol. The summed E-state index contributed by atoms with van der Waals surface area (Å²) in [6.07, 6.45) is 0. The van der Waals surface area contributed by atoms with Crippen LogP contribution in [0, 0.1) is 0 Å². The zero-order chi connectivity index (χ0) is 27.5. The van der Waals surface area contributed by atoms with E-state index in [4.69, 9.17) is 19.9 Å². The first-order valence-corrected chi connectivity index (χ1v) is 13.6. The number of para-hydroxylation sites is 2. The fourth-order valence-corrected chi connectivity index (χ4v) is 5.42. The molecule has 2 aliphatic heterocycles. The molecule has 4 aromatic carbocycles. The average Bonchev–Trinajstić information content (AvgIpc) is 3.40. The standard InChI is InChI=1S/C34H30N6/c1-33(2)34(3,4)40-28-18-12-11-17-27(28)39(32(40)38-33)31-36-29(25-15-9-6-10-16-25)35-30(37-31)26-21-19-24(20-22-26)23-13-7-5-8-14-23/h5-22H,1-4H3. The van der Waals surface area contributed by atoms with E-state index in [1.54, 1.807) is 0 Å². The van der Waals surface area contributed by atoms with Crippen LogP contribution in [0.15, 0.2) is 114 Å². The molecular weight excluding hydrogens is 492 g/mol. The summed E-state index contributed by atoms with van der Waals surface area (Å²) in [7, 11) is 0. The van der Waals surface area contributed by atoms with Crippen molar-refractivity contribution in [3.63, 3.8) is 0 Å². The molecule has 6 nitrogen and oxygen atoms in total. The SMILES string of the molecule is CC1(C)N=C2N(c3nc(-c4ccccc4)nc(-c4ccc(-c5ccccc5)cc4)n3)c3ccccc3N2C1(C)C. The van der Waals surface area contributed by atoms with Gasteiger partial charge in [-0.15, -0.1) is 0 Å². The first-order valence-electron chi connectivity index (χ1n) is 13.6. The molecule has 0 aliphatic carbocycles. The van der Waals surface area contributed by atoms with E-state index < -0.39 is 0 Å². The molecule has 7 rings (SSSR count). The van der Waals surface area contributed by atoms with Crippen molar-refractivity contribution >= 4 is 23.3 Å². The largest absolute Gasteiger partial charge is 0.302 e. The van der Waals surface area contributed by atoms with E-state index in [1.807, 2.05) is 36.4 Å². The zero-order valence-corrected chi connectivity index (χ0v) is 23.1. The Bertz CT molecular complexity index is 1740. The maximum Gasteiger partial charge on any atom is 0.241 e. The second kappa shape index (κ2) is 8.85. The molecule has 40 heavy (non-hydrogen) atoms. The zero-order valence-electron chi connectivity index (χ0n) is 23.1. The molecule has 5 aromatic rings. The first kappa shape index (κ1) is 24.2. The quantitative estimate of drug-likeness (QED) is 0.241. The number of hydrogen-bond donors (Lipinski definition) is 0. The maximum absolute atomic E-state index is 5.23. The molecule has 0 saturated heterocycles. The topological polar surface area (TPSA) is 57.5 Å². The van der Waals surface area contributed by atoms with Crippen molar-refractivity contribution in [2.45, 2.75) is 38.8 Å². The van der Waals surface area contributed by atoms with Crippen molar-refractivity contribution in [1.82, 2.24) is 15.0 Å². The molecule has 0 atom stereocenters. The third-order valence-electron chi connectivity index (χ3n) is 8.31. The second-order valence-electron chi connectivity index (χ2n) is 11.3. The lowest BCUT2D eigenvalue weighted by Gasteiger charge is -2.39. The van der Waals surface area contributed by atoms with Crippen molar-refractivity contribution in [3.05, 3.63) is 109 Å². The molecule has 0 amide bonds. The van der Waals surface area contributed by atoms with E-state index >= 15 is 0 Å². The van der Waals surface area contributed by atoms with Crippen molar-refractivity contribution in [1.29, 1.82) is 0 Å². The number of anilines is 3. The molecule has 3 heterocycles. The minimum atomic E-state index is -0.306. The third kappa shape index (κ3) is 3.71. The van der Waals surface area contributed by atoms with Gasteiger partial charge in [0.15, 0.2) is 11.6 Å². The van der Waals surface area contributed by atoms with Crippen LogP contribution in [-0.4, -0.2) is 32.0 Å². The predicted octanol–water partition coefficient (Wildman–Crippen LogP) is 7.76. The Morgan fingerprint density at radius 1 is 0.500 bits per heavy atom. The monoisotopic (exact) mass is 522 g/mol. The fourth-order valence-electron chi connectivity index (χ4n) is 5.42. The molecule has 0 fully saturated rings. The summed E-state index contributed by atoms with van der Waals surface area (Å²) in [5, 5.41) is 0. The van der Waals surface area contributed by atoms with Gasteiger partial charge in [0.05, 0.1) is 22.5 Å². The van der Waals surface area contributed by atoms with Crippen LogP contribution in [0.5, 0.6) is 0 Å². The van der Waals surface area contributed by atoms with E-state index in [1.165, 1.54) is 5.56 Å². The van der Waals surface area contributed by atoms with Crippen molar-refractivity contribution < 1.29 is 0 Å². The Hall–Kier alpha value is -4.84. The van der Waals surface area contributed by atoms with Gasteiger partial charge in [0.25, 0.3) is 0 Å². The van der Waals surface area contributed by atoms with Gasteiger partial charge in [-0.3, -0.25) is 0 Å². The lowest BCUT2D eigenvalue weighted by atomic mass is 9.83.